The van der Waals surface area contributed by atoms with Crippen LogP contribution in [0.3, 0.4) is 0 Å². The summed E-state index contributed by atoms with van der Waals surface area (Å²) in [4.78, 5) is 10.7. The van der Waals surface area contributed by atoms with E-state index in [9.17, 15) is 0 Å². The molecule has 82 heavy (non-hydrogen) atoms. The van der Waals surface area contributed by atoms with Gasteiger partial charge < -0.3 is 13.7 Å². The van der Waals surface area contributed by atoms with Crippen molar-refractivity contribution >= 4 is 87.2 Å². The number of aromatic nitrogens is 6. The summed E-state index contributed by atoms with van der Waals surface area (Å²) in [6.45, 7) is 0. The summed E-state index contributed by atoms with van der Waals surface area (Å²) in [7, 11) is 0. The highest BCUT2D eigenvalue weighted by molar-refractivity contribution is 6.15. The van der Waals surface area contributed by atoms with Crippen molar-refractivity contribution in [1.82, 2.24) is 28.2 Å². The van der Waals surface area contributed by atoms with E-state index in [0.29, 0.717) is 5.82 Å². The quantitative estimate of drug-likeness (QED) is 0.152. The van der Waals surface area contributed by atoms with Crippen molar-refractivity contribution in [3.05, 3.63) is 291 Å². The van der Waals surface area contributed by atoms with E-state index >= 15 is 0 Å². The lowest BCUT2D eigenvalue weighted by atomic mass is 10.0. The number of nitrogens with zero attached hydrogens (tertiary/aromatic N) is 6. The Bertz CT molecular complexity index is 5370. The summed E-state index contributed by atoms with van der Waals surface area (Å²) in [6, 6.07) is 105. The summed E-state index contributed by atoms with van der Waals surface area (Å²) < 4.78 is 9.44. The van der Waals surface area contributed by atoms with Crippen LogP contribution in [0.4, 0.5) is 0 Å². The van der Waals surface area contributed by atoms with Crippen LogP contribution in [-0.4, -0.2) is 28.2 Å². The molecular weight excluding hydrogens is 997 g/mol. The normalized spacial score (nSPS) is 11.9. The first-order chi connectivity index (χ1) is 40.7. The predicted octanol–water partition coefficient (Wildman–Crippen LogP) is 19.5. The molecule has 0 aliphatic heterocycles. The highest BCUT2D eigenvalue weighted by Crippen LogP contribution is 2.42. The van der Waals surface area contributed by atoms with Crippen molar-refractivity contribution < 1.29 is 0 Å². The van der Waals surface area contributed by atoms with Crippen LogP contribution >= 0.6 is 0 Å². The second-order valence-electron chi connectivity index (χ2n) is 21.4. The van der Waals surface area contributed by atoms with E-state index in [0.717, 1.165) is 72.7 Å². The van der Waals surface area contributed by atoms with Gasteiger partial charge in [0.05, 0.1) is 49.8 Å². The lowest BCUT2D eigenvalue weighted by molar-refractivity contribution is 1.05. The minimum absolute atomic E-state index is 0.669. The van der Waals surface area contributed by atoms with Gasteiger partial charge >= 0.3 is 0 Å². The number of fused-ring (bicyclic) bond motifs is 12. The second-order valence-corrected chi connectivity index (χ2v) is 21.4. The van der Waals surface area contributed by atoms with Gasteiger partial charge in [-0.2, -0.15) is 0 Å². The molecule has 0 aliphatic carbocycles. The first kappa shape index (κ1) is 45.9. The number of benzene rings is 12. The van der Waals surface area contributed by atoms with Crippen LogP contribution in [0.15, 0.2) is 291 Å². The van der Waals surface area contributed by atoms with Crippen molar-refractivity contribution in [2.24, 2.45) is 0 Å². The molecule has 0 bridgehead atoms. The highest BCUT2D eigenvalue weighted by Gasteiger charge is 2.21. The molecule has 0 radical (unpaired) electrons. The molecule has 5 heterocycles. The molecule has 17 aromatic rings. The van der Waals surface area contributed by atoms with Gasteiger partial charge in [0, 0.05) is 77.3 Å². The topological polar surface area (TPSA) is 45.5 Å². The zero-order valence-corrected chi connectivity index (χ0v) is 44.4. The predicted molar refractivity (Wildman–Crippen MR) is 341 cm³/mol. The average Bonchev–Trinajstić information content (AvgIpc) is 3.72. The van der Waals surface area contributed by atoms with Gasteiger partial charge in [-0.15, -0.1) is 0 Å². The number of hydrogen-bond acceptors (Lipinski definition) is 2. The third-order valence-electron chi connectivity index (χ3n) is 16.8. The number of hydrogen-bond donors (Lipinski definition) is 0. The van der Waals surface area contributed by atoms with Gasteiger partial charge in [-0.1, -0.05) is 176 Å². The highest BCUT2D eigenvalue weighted by atomic mass is 15.1. The lowest BCUT2D eigenvalue weighted by Crippen LogP contribution is -2.02. The minimum Gasteiger partial charge on any atom is -0.309 e. The number of para-hydroxylation sites is 6. The molecule has 0 saturated heterocycles. The Hall–Kier alpha value is -11.1. The first-order valence-corrected chi connectivity index (χ1v) is 28.0. The van der Waals surface area contributed by atoms with Crippen molar-refractivity contribution in [3.8, 4) is 67.8 Å². The summed E-state index contributed by atoms with van der Waals surface area (Å²) >= 11 is 0. The Morgan fingerprint density at radius 1 is 0.195 bits per heavy atom. The molecule has 0 saturated carbocycles. The van der Waals surface area contributed by atoms with Crippen LogP contribution < -0.4 is 0 Å². The summed E-state index contributed by atoms with van der Waals surface area (Å²) in [5.41, 5.74) is 20.2. The molecule has 382 valence electrons. The van der Waals surface area contributed by atoms with Gasteiger partial charge in [-0.05, 0) is 131 Å². The molecule has 0 atom stereocenters. The van der Waals surface area contributed by atoms with E-state index in [2.05, 4.69) is 303 Å². The van der Waals surface area contributed by atoms with Gasteiger partial charge in [-0.3, -0.25) is 4.57 Å². The first-order valence-electron chi connectivity index (χ1n) is 28.0. The maximum absolute atomic E-state index is 5.38. The molecule has 0 fully saturated rings. The van der Waals surface area contributed by atoms with Gasteiger partial charge in [0.1, 0.15) is 5.82 Å². The van der Waals surface area contributed by atoms with Crippen LogP contribution in [0, 0.1) is 0 Å². The molecule has 0 spiro atoms. The fourth-order valence-electron chi connectivity index (χ4n) is 13.0. The monoisotopic (exact) mass is 1040 g/mol. The van der Waals surface area contributed by atoms with Crippen LogP contribution in [-0.2, 0) is 0 Å². The Kier molecular flexibility index (Phi) is 10.2. The van der Waals surface area contributed by atoms with Crippen molar-refractivity contribution in [2.75, 3.05) is 0 Å². The third kappa shape index (κ3) is 7.15. The molecule has 0 unspecified atom stereocenters. The molecule has 5 aromatic heterocycles. The maximum Gasteiger partial charge on any atom is 0.162 e. The van der Waals surface area contributed by atoms with Crippen molar-refractivity contribution in [2.45, 2.75) is 0 Å². The fraction of sp³-hybridized carbons (Fsp3) is 0. The standard InChI is InChI=1S/C76H48N6/c1-4-18-50(19-5-1)76-77-66(48-75(78-76)82-70-31-17-13-27-61(70)65-47-54(37-43-74(65)82)53-35-41-72-63(45-53)59-25-11-15-29-68(59)80(72)56-22-8-3-9-23-56)49-32-38-57(39-33-49)81-69-30-16-12-26-60(69)64-46-52(36-42-73(64)81)51-34-40-71-62(44-51)58-24-10-14-28-67(58)79(71)55-20-6-2-7-21-55/h1-48H. The van der Waals surface area contributed by atoms with E-state index in [1.165, 1.54) is 76.5 Å². The Morgan fingerprint density at radius 2 is 0.500 bits per heavy atom. The van der Waals surface area contributed by atoms with Gasteiger partial charge in [0.2, 0.25) is 0 Å². The Balaban J connectivity index is 0.759. The van der Waals surface area contributed by atoms with Crippen LogP contribution in [0.1, 0.15) is 0 Å². The smallest absolute Gasteiger partial charge is 0.162 e. The molecule has 0 N–H and O–H groups in total. The largest absolute Gasteiger partial charge is 0.309 e. The maximum atomic E-state index is 5.38. The molecule has 12 aromatic carbocycles. The molecule has 17 rings (SSSR count). The lowest BCUT2D eigenvalue weighted by Gasteiger charge is -2.13. The number of rotatable bonds is 8. The molecular formula is C76H48N6. The molecule has 6 nitrogen and oxygen atoms in total. The fourth-order valence-corrected chi connectivity index (χ4v) is 13.0. The average molecular weight is 1050 g/mol. The Morgan fingerprint density at radius 3 is 0.902 bits per heavy atom. The zero-order valence-electron chi connectivity index (χ0n) is 44.4. The summed E-state index contributed by atoms with van der Waals surface area (Å²) in [5.74, 6) is 1.48. The van der Waals surface area contributed by atoms with E-state index in [-0.39, 0.29) is 0 Å². The molecule has 6 heteroatoms. The van der Waals surface area contributed by atoms with Crippen LogP contribution in [0.2, 0.25) is 0 Å². The zero-order chi connectivity index (χ0) is 53.8. The molecule has 0 amide bonds. The molecule has 0 aliphatic rings. The third-order valence-corrected chi connectivity index (χ3v) is 16.8. The summed E-state index contributed by atoms with van der Waals surface area (Å²) in [6.07, 6.45) is 0. The van der Waals surface area contributed by atoms with Gasteiger partial charge in [0.15, 0.2) is 5.82 Å². The van der Waals surface area contributed by atoms with Gasteiger partial charge in [-0.25, -0.2) is 9.97 Å². The SMILES string of the molecule is c1ccc(-c2nc(-c3ccc(-n4c5ccccc5c5cc(-c6ccc7c(c6)c6ccccc6n7-c6ccccc6)ccc54)cc3)cc(-n3c4ccccc4c4cc(-c5ccc6c(c5)c5ccccc5n6-c5ccccc5)ccc43)n2)cc1. The van der Waals surface area contributed by atoms with Gasteiger partial charge in [0.25, 0.3) is 0 Å². The van der Waals surface area contributed by atoms with Crippen molar-refractivity contribution in [3.63, 3.8) is 0 Å². The van der Waals surface area contributed by atoms with E-state index in [1.54, 1.807) is 0 Å². The summed E-state index contributed by atoms with van der Waals surface area (Å²) in [5, 5.41) is 9.71. The minimum atomic E-state index is 0.669. The van der Waals surface area contributed by atoms with Crippen molar-refractivity contribution in [1.29, 1.82) is 0 Å². The van der Waals surface area contributed by atoms with E-state index in [1.807, 2.05) is 6.07 Å². The van der Waals surface area contributed by atoms with Crippen LogP contribution in [0.5, 0.6) is 0 Å². The van der Waals surface area contributed by atoms with E-state index < -0.39 is 0 Å². The van der Waals surface area contributed by atoms with E-state index in [4.69, 9.17) is 9.97 Å². The van der Waals surface area contributed by atoms with Crippen LogP contribution in [0.25, 0.3) is 155 Å². The Labute approximate surface area is 471 Å². The second kappa shape index (κ2) is 18.2.